The second kappa shape index (κ2) is 8.19. The van der Waals surface area contributed by atoms with Crippen LogP contribution in [-0.2, 0) is 6.54 Å². The van der Waals surface area contributed by atoms with Gasteiger partial charge in [-0.05, 0) is 48.0 Å². The van der Waals surface area contributed by atoms with E-state index in [9.17, 15) is 14.7 Å². The molecule has 27 heavy (non-hydrogen) atoms. The van der Waals surface area contributed by atoms with Crippen LogP contribution in [0.3, 0.4) is 0 Å². The molecule has 0 saturated carbocycles. The van der Waals surface area contributed by atoms with Crippen LogP contribution < -0.4 is 4.74 Å². The molecule has 0 radical (unpaired) electrons. The Hall–Kier alpha value is -3.60. The second-order valence-corrected chi connectivity index (χ2v) is 5.90. The molecule has 0 spiro atoms. The maximum Gasteiger partial charge on any atom is 0.336 e. The molecule has 0 unspecified atom stereocenters. The zero-order valence-corrected chi connectivity index (χ0v) is 14.8. The molecule has 0 amide bonds. The van der Waals surface area contributed by atoms with Crippen LogP contribution in [0.1, 0.15) is 32.0 Å². The monoisotopic (exact) mass is 361 g/mol. The number of carboxylic acid groups (broad SMARTS) is 1. The minimum atomic E-state index is -0.966. The van der Waals surface area contributed by atoms with Gasteiger partial charge in [-0.3, -0.25) is 4.79 Å². The fourth-order valence-electron chi connectivity index (χ4n) is 2.80. The molecular formula is C22H19NO4. The van der Waals surface area contributed by atoms with Gasteiger partial charge in [0.2, 0.25) is 5.78 Å². The van der Waals surface area contributed by atoms with E-state index in [1.165, 1.54) is 0 Å². The first-order valence-electron chi connectivity index (χ1n) is 8.43. The Morgan fingerprint density at radius 2 is 1.78 bits per heavy atom. The molecule has 3 rings (SSSR count). The van der Waals surface area contributed by atoms with Gasteiger partial charge in [0.05, 0.1) is 18.4 Å². The summed E-state index contributed by atoms with van der Waals surface area (Å²) in [5.74, 6) is -0.351. The lowest BCUT2D eigenvalue weighted by Gasteiger charge is -2.07. The van der Waals surface area contributed by atoms with Gasteiger partial charge in [-0.1, -0.05) is 30.4 Å². The van der Waals surface area contributed by atoms with Crippen LogP contribution in [0.25, 0.3) is 6.08 Å². The van der Waals surface area contributed by atoms with Gasteiger partial charge in [0.1, 0.15) is 5.75 Å². The summed E-state index contributed by atoms with van der Waals surface area (Å²) in [5, 5.41) is 9.24. The number of carboxylic acids is 1. The van der Waals surface area contributed by atoms with Crippen molar-refractivity contribution < 1.29 is 19.4 Å². The van der Waals surface area contributed by atoms with Crippen LogP contribution in [0, 0.1) is 0 Å². The molecule has 1 aromatic heterocycles. The lowest BCUT2D eigenvalue weighted by atomic mass is 10.1. The minimum Gasteiger partial charge on any atom is -0.497 e. The van der Waals surface area contributed by atoms with Crippen molar-refractivity contribution in [3.63, 3.8) is 0 Å². The fraction of sp³-hybridized carbons (Fsp3) is 0.0909. The molecule has 136 valence electrons. The number of rotatable bonds is 7. The molecule has 0 bridgehead atoms. The molecular weight excluding hydrogens is 342 g/mol. The van der Waals surface area contributed by atoms with Crippen molar-refractivity contribution in [2.24, 2.45) is 0 Å². The number of ketones is 1. The SMILES string of the molecule is COc1ccc(C(=O)c2cccn2CC=Cc2ccccc2C(=O)O)cc1. The predicted octanol–water partition coefficient (Wildman–Crippen LogP) is 4.14. The summed E-state index contributed by atoms with van der Waals surface area (Å²) in [6, 6.07) is 17.4. The Morgan fingerprint density at radius 3 is 2.48 bits per heavy atom. The number of ether oxygens (including phenoxy) is 1. The maximum absolute atomic E-state index is 12.7. The van der Waals surface area contributed by atoms with Crippen molar-refractivity contribution in [2.75, 3.05) is 7.11 Å². The normalized spacial score (nSPS) is 10.9. The van der Waals surface area contributed by atoms with E-state index in [2.05, 4.69) is 0 Å². The number of allylic oxidation sites excluding steroid dienone is 1. The summed E-state index contributed by atoms with van der Waals surface area (Å²) in [6.45, 7) is 0.457. The molecule has 0 fully saturated rings. The number of carbonyl (C=O) groups is 2. The average molecular weight is 361 g/mol. The van der Waals surface area contributed by atoms with Gasteiger partial charge in [0.25, 0.3) is 0 Å². The third-order valence-corrected chi connectivity index (χ3v) is 4.21. The van der Waals surface area contributed by atoms with E-state index in [0.29, 0.717) is 29.1 Å². The van der Waals surface area contributed by atoms with E-state index >= 15 is 0 Å². The lowest BCUT2D eigenvalue weighted by molar-refractivity contribution is 0.0696. The summed E-state index contributed by atoms with van der Waals surface area (Å²) in [5.41, 5.74) is 2.02. The number of hydrogen-bond acceptors (Lipinski definition) is 3. The van der Waals surface area contributed by atoms with Crippen LogP contribution in [0.2, 0.25) is 0 Å². The van der Waals surface area contributed by atoms with Crippen LogP contribution in [0.4, 0.5) is 0 Å². The summed E-state index contributed by atoms with van der Waals surface area (Å²) in [6.07, 6.45) is 5.42. The number of aromatic nitrogens is 1. The molecule has 5 heteroatoms. The van der Waals surface area contributed by atoms with Crippen molar-refractivity contribution in [3.05, 3.63) is 95.3 Å². The van der Waals surface area contributed by atoms with Crippen molar-refractivity contribution in [2.45, 2.75) is 6.54 Å². The Bertz CT molecular complexity index is 984. The molecule has 1 N–H and O–H groups in total. The molecule has 0 atom stereocenters. The van der Waals surface area contributed by atoms with Crippen molar-refractivity contribution in [1.29, 1.82) is 0 Å². The van der Waals surface area contributed by atoms with Gasteiger partial charge in [0, 0.05) is 18.3 Å². The first kappa shape index (κ1) is 18.2. The molecule has 0 aliphatic rings. The third kappa shape index (κ3) is 4.15. The standard InChI is InChI=1S/C22H19NO4/c1-27-18-12-10-17(11-13-18)21(24)20-9-5-15-23(20)14-4-7-16-6-2-3-8-19(16)22(25)26/h2-13,15H,14H2,1H3,(H,25,26). The predicted molar refractivity (Wildman–Crippen MR) is 103 cm³/mol. The smallest absolute Gasteiger partial charge is 0.336 e. The second-order valence-electron chi connectivity index (χ2n) is 5.90. The summed E-state index contributed by atoms with van der Waals surface area (Å²) in [4.78, 5) is 24.0. The molecule has 0 saturated heterocycles. The van der Waals surface area contributed by atoms with Gasteiger partial charge in [-0.15, -0.1) is 0 Å². The maximum atomic E-state index is 12.7. The summed E-state index contributed by atoms with van der Waals surface area (Å²) >= 11 is 0. The number of aromatic carboxylic acids is 1. The van der Waals surface area contributed by atoms with Gasteiger partial charge in [-0.2, -0.15) is 0 Å². The van der Waals surface area contributed by atoms with E-state index in [4.69, 9.17) is 4.74 Å². The van der Waals surface area contributed by atoms with E-state index in [-0.39, 0.29) is 11.3 Å². The molecule has 1 heterocycles. The number of carbonyl (C=O) groups excluding carboxylic acids is 1. The molecule has 2 aromatic carbocycles. The van der Waals surface area contributed by atoms with Crippen LogP contribution in [-0.4, -0.2) is 28.5 Å². The van der Waals surface area contributed by atoms with Gasteiger partial charge >= 0.3 is 5.97 Å². The molecule has 5 nitrogen and oxygen atoms in total. The van der Waals surface area contributed by atoms with E-state index < -0.39 is 5.97 Å². The minimum absolute atomic E-state index is 0.0815. The molecule has 0 aliphatic carbocycles. The highest BCUT2D eigenvalue weighted by Gasteiger charge is 2.13. The Labute approximate surface area is 157 Å². The highest BCUT2D eigenvalue weighted by molar-refractivity contribution is 6.08. The van der Waals surface area contributed by atoms with Crippen LogP contribution in [0.15, 0.2) is 72.9 Å². The Balaban J connectivity index is 1.77. The van der Waals surface area contributed by atoms with E-state index in [1.54, 1.807) is 67.8 Å². The summed E-state index contributed by atoms with van der Waals surface area (Å²) < 4.78 is 6.94. The Kier molecular flexibility index (Phi) is 5.52. The van der Waals surface area contributed by atoms with Crippen molar-refractivity contribution >= 4 is 17.8 Å². The first-order chi connectivity index (χ1) is 13.1. The number of methoxy groups -OCH3 is 1. The average Bonchev–Trinajstić information content (AvgIpc) is 3.16. The largest absolute Gasteiger partial charge is 0.497 e. The van der Waals surface area contributed by atoms with E-state index in [0.717, 1.165) is 0 Å². The van der Waals surface area contributed by atoms with Gasteiger partial charge in [0.15, 0.2) is 0 Å². The first-order valence-corrected chi connectivity index (χ1v) is 8.43. The zero-order chi connectivity index (χ0) is 19.2. The van der Waals surface area contributed by atoms with Gasteiger partial charge < -0.3 is 14.4 Å². The van der Waals surface area contributed by atoms with Gasteiger partial charge in [-0.25, -0.2) is 4.79 Å². The summed E-state index contributed by atoms with van der Waals surface area (Å²) in [7, 11) is 1.58. The van der Waals surface area contributed by atoms with Crippen molar-refractivity contribution in [3.8, 4) is 5.75 Å². The fourth-order valence-corrected chi connectivity index (χ4v) is 2.80. The highest BCUT2D eigenvalue weighted by Crippen LogP contribution is 2.16. The molecule has 3 aromatic rings. The van der Waals surface area contributed by atoms with Crippen LogP contribution in [0.5, 0.6) is 5.75 Å². The third-order valence-electron chi connectivity index (χ3n) is 4.21. The van der Waals surface area contributed by atoms with Crippen LogP contribution >= 0.6 is 0 Å². The van der Waals surface area contributed by atoms with E-state index in [1.807, 2.05) is 22.9 Å². The topological polar surface area (TPSA) is 68.5 Å². The number of hydrogen-bond donors (Lipinski definition) is 1. The number of nitrogens with zero attached hydrogens (tertiary/aromatic N) is 1. The van der Waals surface area contributed by atoms with Crippen molar-refractivity contribution in [1.82, 2.24) is 4.57 Å². The number of benzene rings is 2. The Morgan fingerprint density at radius 1 is 1.04 bits per heavy atom. The molecule has 0 aliphatic heterocycles. The quantitative estimate of drug-likeness (QED) is 0.642. The zero-order valence-electron chi connectivity index (χ0n) is 14.8. The highest BCUT2D eigenvalue weighted by atomic mass is 16.5. The lowest BCUT2D eigenvalue weighted by Crippen LogP contribution is -2.09.